The van der Waals surface area contributed by atoms with Crippen molar-refractivity contribution in [2.24, 2.45) is 5.73 Å². The van der Waals surface area contributed by atoms with E-state index < -0.39 is 4.92 Å². The molecule has 2 atom stereocenters. The lowest BCUT2D eigenvalue weighted by Gasteiger charge is -2.07. The predicted octanol–water partition coefficient (Wildman–Crippen LogP) is 1.26. The Morgan fingerprint density at radius 1 is 1.67 bits per heavy atom. The first-order valence-electron chi connectivity index (χ1n) is 4.39. The zero-order valence-electron chi connectivity index (χ0n) is 7.68. The molecule has 6 nitrogen and oxygen atoms in total. The van der Waals surface area contributed by atoms with Crippen molar-refractivity contribution in [2.75, 3.05) is 5.32 Å². The molecular weight excluding hydrogens is 264 g/mol. The molecule has 15 heavy (non-hydrogen) atoms. The molecule has 0 spiro atoms. The summed E-state index contributed by atoms with van der Waals surface area (Å²) in [6, 6.07) is 0.215. The Bertz CT molecular complexity index is 412. The highest BCUT2D eigenvalue weighted by Crippen LogP contribution is 2.34. The summed E-state index contributed by atoms with van der Waals surface area (Å²) in [4.78, 5) is 14.0. The van der Waals surface area contributed by atoms with Crippen molar-refractivity contribution in [2.45, 2.75) is 18.5 Å². The third-order valence-electron chi connectivity index (χ3n) is 2.25. The van der Waals surface area contributed by atoms with Crippen molar-refractivity contribution in [3.05, 3.63) is 27.0 Å². The second kappa shape index (κ2) is 3.74. The third kappa shape index (κ3) is 2.07. The molecule has 1 fully saturated rings. The van der Waals surface area contributed by atoms with Crippen molar-refractivity contribution in [3.63, 3.8) is 0 Å². The van der Waals surface area contributed by atoms with E-state index in [1.807, 2.05) is 0 Å². The number of halogens is 1. The number of nitro groups is 1. The zero-order valence-corrected chi connectivity index (χ0v) is 9.27. The van der Waals surface area contributed by atoms with Gasteiger partial charge in [0, 0.05) is 18.3 Å². The molecule has 2 unspecified atom stereocenters. The topological polar surface area (TPSA) is 94.1 Å². The average molecular weight is 273 g/mol. The third-order valence-corrected chi connectivity index (χ3v) is 2.85. The maximum Gasteiger partial charge on any atom is 0.311 e. The van der Waals surface area contributed by atoms with Crippen LogP contribution in [0.2, 0.25) is 0 Å². The number of pyridine rings is 1. The molecule has 7 heteroatoms. The summed E-state index contributed by atoms with van der Waals surface area (Å²) in [5.74, 6) is 0. The number of nitrogens with one attached hydrogen (secondary N) is 1. The quantitative estimate of drug-likeness (QED) is 0.638. The van der Waals surface area contributed by atoms with Gasteiger partial charge in [0.05, 0.1) is 9.40 Å². The maximum atomic E-state index is 10.7. The van der Waals surface area contributed by atoms with Crippen LogP contribution in [0, 0.1) is 10.1 Å². The molecule has 0 saturated heterocycles. The largest absolute Gasteiger partial charge is 0.374 e. The van der Waals surface area contributed by atoms with Crippen molar-refractivity contribution in [1.82, 2.24) is 4.98 Å². The summed E-state index contributed by atoms with van der Waals surface area (Å²) in [5, 5.41) is 13.8. The van der Waals surface area contributed by atoms with Crippen molar-refractivity contribution in [3.8, 4) is 0 Å². The van der Waals surface area contributed by atoms with Gasteiger partial charge in [0.25, 0.3) is 0 Å². The van der Waals surface area contributed by atoms with Crippen LogP contribution in [0.15, 0.2) is 16.9 Å². The second-order valence-corrected chi connectivity index (χ2v) is 4.28. The molecule has 1 aliphatic carbocycles. The molecule has 0 bridgehead atoms. The summed E-state index contributed by atoms with van der Waals surface area (Å²) >= 11 is 3.22. The lowest BCUT2D eigenvalue weighted by molar-refractivity contribution is -0.384. The normalized spacial score (nSPS) is 23.6. The lowest BCUT2D eigenvalue weighted by Crippen LogP contribution is -2.14. The number of hydrogen-bond acceptors (Lipinski definition) is 5. The van der Waals surface area contributed by atoms with Gasteiger partial charge in [0.15, 0.2) is 0 Å². The molecular formula is C8H9BrN4O2. The van der Waals surface area contributed by atoms with Crippen LogP contribution >= 0.6 is 15.9 Å². The van der Waals surface area contributed by atoms with Gasteiger partial charge in [-0.25, -0.2) is 0 Å². The van der Waals surface area contributed by atoms with Crippen LogP contribution in [0.4, 0.5) is 11.4 Å². The molecule has 80 valence electrons. The Labute approximate surface area is 94.2 Å². The summed E-state index contributed by atoms with van der Waals surface area (Å²) < 4.78 is 0.579. The van der Waals surface area contributed by atoms with Crippen LogP contribution in [0.5, 0.6) is 0 Å². The lowest BCUT2D eigenvalue weighted by atomic mass is 10.3. The van der Waals surface area contributed by atoms with E-state index in [2.05, 4.69) is 26.2 Å². The van der Waals surface area contributed by atoms with Crippen molar-refractivity contribution < 1.29 is 4.92 Å². The highest BCUT2D eigenvalue weighted by atomic mass is 79.9. The fourth-order valence-electron chi connectivity index (χ4n) is 1.27. The number of hydrogen-bond donors (Lipinski definition) is 2. The minimum atomic E-state index is -0.464. The fraction of sp³-hybridized carbons (Fsp3) is 0.375. The monoisotopic (exact) mass is 272 g/mol. The number of nitrogens with two attached hydrogens (primary N) is 1. The molecule has 0 radical (unpaired) electrons. The fourth-order valence-corrected chi connectivity index (χ4v) is 1.71. The highest BCUT2D eigenvalue weighted by Gasteiger charge is 2.35. The van der Waals surface area contributed by atoms with E-state index in [-0.39, 0.29) is 17.8 Å². The molecule has 1 aromatic rings. The molecule has 1 heterocycles. The van der Waals surface area contributed by atoms with Crippen LogP contribution < -0.4 is 11.1 Å². The van der Waals surface area contributed by atoms with Crippen LogP contribution in [0.1, 0.15) is 6.42 Å². The number of anilines is 1. The highest BCUT2D eigenvalue weighted by molar-refractivity contribution is 9.10. The number of nitrogens with zero attached hydrogens (tertiary/aromatic N) is 2. The molecule has 1 aliphatic rings. The van der Waals surface area contributed by atoms with Gasteiger partial charge in [-0.1, -0.05) is 0 Å². The summed E-state index contributed by atoms with van der Waals surface area (Å²) in [6.45, 7) is 0. The van der Waals surface area contributed by atoms with Gasteiger partial charge in [-0.15, -0.1) is 0 Å². The van der Waals surface area contributed by atoms with Crippen LogP contribution in [0.3, 0.4) is 0 Å². The Hall–Kier alpha value is -1.21. The summed E-state index contributed by atoms with van der Waals surface area (Å²) in [6.07, 6.45) is 3.58. The first kappa shape index (κ1) is 10.3. The van der Waals surface area contributed by atoms with Crippen LogP contribution in [-0.2, 0) is 0 Å². The van der Waals surface area contributed by atoms with Crippen LogP contribution in [0.25, 0.3) is 0 Å². The summed E-state index contributed by atoms with van der Waals surface area (Å²) in [7, 11) is 0. The summed E-state index contributed by atoms with van der Waals surface area (Å²) in [5.41, 5.74) is 6.04. The Morgan fingerprint density at radius 2 is 2.33 bits per heavy atom. The van der Waals surface area contributed by atoms with Gasteiger partial charge in [0.1, 0.15) is 11.9 Å². The van der Waals surface area contributed by atoms with Gasteiger partial charge in [0.2, 0.25) is 0 Å². The standard InChI is InChI=1S/C8H9BrN4O2/c9-4-2-11-3-7(13(14)15)8(4)12-6-1-5(6)10/h2-3,5-6H,1,10H2,(H,11,12). The molecule has 3 N–H and O–H groups in total. The molecule has 2 rings (SSSR count). The SMILES string of the molecule is NC1CC1Nc1c(Br)cncc1[N+](=O)[O-]. The van der Waals surface area contributed by atoms with Crippen LogP contribution in [-0.4, -0.2) is 22.0 Å². The molecule has 0 amide bonds. The number of rotatable bonds is 3. The van der Waals surface area contributed by atoms with Gasteiger partial charge < -0.3 is 11.1 Å². The average Bonchev–Trinajstić information content (AvgIpc) is 2.85. The van der Waals surface area contributed by atoms with E-state index in [4.69, 9.17) is 5.73 Å². The van der Waals surface area contributed by atoms with Gasteiger partial charge in [-0.3, -0.25) is 15.1 Å². The van der Waals surface area contributed by atoms with E-state index in [1.54, 1.807) is 0 Å². The minimum Gasteiger partial charge on any atom is -0.374 e. The first-order valence-corrected chi connectivity index (χ1v) is 5.19. The van der Waals surface area contributed by atoms with Crippen molar-refractivity contribution in [1.29, 1.82) is 0 Å². The van der Waals surface area contributed by atoms with E-state index >= 15 is 0 Å². The van der Waals surface area contributed by atoms with E-state index in [1.165, 1.54) is 12.4 Å². The second-order valence-electron chi connectivity index (χ2n) is 3.42. The zero-order chi connectivity index (χ0) is 11.0. The Balaban J connectivity index is 2.30. The van der Waals surface area contributed by atoms with Gasteiger partial charge >= 0.3 is 5.69 Å². The number of aromatic nitrogens is 1. The first-order chi connectivity index (χ1) is 7.09. The van der Waals surface area contributed by atoms with E-state index in [9.17, 15) is 10.1 Å². The molecule has 1 aromatic heterocycles. The van der Waals surface area contributed by atoms with E-state index in [0.717, 1.165) is 6.42 Å². The minimum absolute atomic E-state index is 0.0384. The smallest absolute Gasteiger partial charge is 0.311 e. The van der Waals surface area contributed by atoms with Gasteiger partial charge in [-0.2, -0.15) is 0 Å². The Morgan fingerprint density at radius 3 is 2.87 bits per heavy atom. The maximum absolute atomic E-state index is 10.7. The Kier molecular flexibility index (Phi) is 2.57. The molecule has 0 aliphatic heterocycles. The van der Waals surface area contributed by atoms with Crippen molar-refractivity contribution >= 4 is 27.3 Å². The molecule has 1 saturated carbocycles. The van der Waals surface area contributed by atoms with Gasteiger partial charge in [-0.05, 0) is 22.4 Å². The predicted molar refractivity (Wildman–Crippen MR) is 58.6 cm³/mol. The molecule has 0 aromatic carbocycles. The van der Waals surface area contributed by atoms with E-state index in [0.29, 0.717) is 10.2 Å².